The fraction of sp³-hybridized carbons (Fsp3) is 0.875. The van der Waals surface area contributed by atoms with Gasteiger partial charge in [-0.3, -0.25) is 4.79 Å². The molecule has 2 nitrogen and oxygen atoms in total. The van der Waals surface area contributed by atoms with E-state index in [1.165, 1.54) is 11.8 Å². The molecule has 11 heavy (non-hydrogen) atoms. The first kappa shape index (κ1) is 10.8. The Morgan fingerprint density at radius 2 is 2.18 bits per heavy atom. The Hall–Kier alpha value is -0.180. The molecule has 0 saturated heterocycles. The predicted molar refractivity (Wildman–Crippen MR) is 49.0 cm³/mol. The zero-order chi connectivity index (χ0) is 8.85. The normalized spacial score (nSPS) is 15.9. The molecule has 2 atom stereocenters. The predicted octanol–water partition coefficient (Wildman–Crippen LogP) is 2.24. The van der Waals surface area contributed by atoms with E-state index in [0.717, 1.165) is 12.8 Å². The van der Waals surface area contributed by atoms with E-state index in [1.54, 1.807) is 0 Å². The molecule has 0 aliphatic heterocycles. The van der Waals surface area contributed by atoms with Gasteiger partial charge in [0.25, 0.3) is 0 Å². The highest BCUT2D eigenvalue weighted by Crippen LogP contribution is 2.21. The largest absolute Gasteiger partial charge is 0.480 e. The van der Waals surface area contributed by atoms with Crippen LogP contribution in [-0.2, 0) is 4.79 Å². The van der Waals surface area contributed by atoms with Crippen molar-refractivity contribution in [3.8, 4) is 0 Å². The van der Waals surface area contributed by atoms with Crippen molar-refractivity contribution in [2.75, 3.05) is 6.26 Å². The highest BCUT2D eigenvalue weighted by molar-refractivity contribution is 7.99. The summed E-state index contributed by atoms with van der Waals surface area (Å²) in [5.74, 6) is -0.397. The van der Waals surface area contributed by atoms with E-state index in [0.29, 0.717) is 0 Å². The van der Waals surface area contributed by atoms with Crippen LogP contribution in [0.3, 0.4) is 0 Å². The van der Waals surface area contributed by atoms with Crippen LogP contribution < -0.4 is 0 Å². The van der Waals surface area contributed by atoms with Crippen LogP contribution in [-0.4, -0.2) is 22.6 Å². The average Bonchev–Trinajstić information content (AvgIpc) is 1.88. The molecule has 0 saturated carbocycles. The first-order valence-corrected chi connectivity index (χ1v) is 5.17. The van der Waals surface area contributed by atoms with Gasteiger partial charge >= 0.3 is 5.97 Å². The number of aliphatic carboxylic acids is 1. The summed E-state index contributed by atoms with van der Waals surface area (Å²) in [4.78, 5) is 10.6. The van der Waals surface area contributed by atoms with Gasteiger partial charge in [-0.1, -0.05) is 20.3 Å². The maximum Gasteiger partial charge on any atom is 0.316 e. The number of thioether (sulfide) groups is 1. The van der Waals surface area contributed by atoms with Crippen molar-refractivity contribution in [3.05, 3.63) is 0 Å². The molecule has 66 valence electrons. The molecule has 0 bridgehead atoms. The molecule has 0 spiro atoms. The summed E-state index contributed by atoms with van der Waals surface area (Å²) in [6.45, 7) is 4.08. The van der Waals surface area contributed by atoms with E-state index in [2.05, 4.69) is 6.92 Å². The van der Waals surface area contributed by atoms with Crippen LogP contribution in [0.5, 0.6) is 0 Å². The maximum absolute atomic E-state index is 10.6. The smallest absolute Gasteiger partial charge is 0.316 e. The van der Waals surface area contributed by atoms with Crippen LogP contribution in [0.15, 0.2) is 0 Å². The van der Waals surface area contributed by atoms with Gasteiger partial charge in [-0.15, -0.1) is 11.8 Å². The molecule has 0 aromatic heterocycles. The molecule has 0 aromatic rings. The minimum absolute atomic E-state index is 0.227. The molecule has 0 radical (unpaired) electrons. The van der Waals surface area contributed by atoms with Gasteiger partial charge in [0.05, 0.1) is 0 Å². The van der Waals surface area contributed by atoms with E-state index >= 15 is 0 Å². The lowest BCUT2D eigenvalue weighted by molar-refractivity contribution is -0.137. The zero-order valence-electron chi connectivity index (χ0n) is 7.33. The van der Waals surface area contributed by atoms with E-state index in [-0.39, 0.29) is 11.2 Å². The molecule has 0 aliphatic rings. The van der Waals surface area contributed by atoms with Gasteiger partial charge in [0.1, 0.15) is 5.25 Å². The third-order valence-corrected chi connectivity index (χ3v) is 2.93. The second kappa shape index (κ2) is 5.47. The summed E-state index contributed by atoms with van der Waals surface area (Å²) < 4.78 is 0. The standard InChI is InChI=1S/C8H16O2S/c1-4-5-6(2)7(11-3)8(9)10/h6-7H,4-5H2,1-3H3,(H,9,10). The minimum atomic E-state index is -0.682. The lowest BCUT2D eigenvalue weighted by Crippen LogP contribution is -2.23. The van der Waals surface area contributed by atoms with Gasteiger partial charge in [-0.05, 0) is 18.6 Å². The first-order valence-electron chi connectivity index (χ1n) is 3.89. The summed E-state index contributed by atoms with van der Waals surface area (Å²) in [5, 5.41) is 8.52. The summed E-state index contributed by atoms with van der Waals surface area (Å²) >= 11 is 1.43. The van der Waals surface area contributed by atoms with Crippen LogP contribution in [0, 0.1) is 5.92 Å². The van der Waals surface area contributed by atoms with Crippen molar-refractivity contribution < 1.29 is 9.90 Å². The van der Waals surface area contributed by atoms with Crippen molar-refractivity contribution in [1.82, 2.24) is 0 Å². The molecule has 1 N–H and O–H groups in total. The van der Waals surface area contributed by atoms with Crippen molar-refractivity contribution in [2.45, 2.75) is 31.9 Å². The Balaban J connectivity index is 3.91. The summed E-state index contributed by atoms with van der Waals surface area (Å²) in [6.07, 6.45) is 3.91. The lowest BCUT2D eigenvalue weighted by atomic mass is 10.0. The minimum Gasteiger partial charge on any atom is -0.480 e. The Morgan fingerprint density at radius 1 is 1.64 bits per heavy atom. The molecule has 0 aliphatic carbocycles. The quantitative estimate of drug-likeness (QED) is 0.698. The third-order valence-electron chi connectivity index (χ3n) is 1.76. The highest BCUT2D eigenvalue weighted by Gasteiger charge is 2.22. The molecule has 2 unspecified atom stereocenters. The van der Waals surface area contributed by atoms with Gasteiger partial charge in [0, 0.05) is 0 Å². The Kier molecular flexibility index (Phi) is 5.38. The van der Waals surface area contributed by atoms with Crippen molar-refractivity contribution in [3.63, 3.8) is 0 Å². The Bertz CT molecular complexity index is 125. The number of carboxylic acids is 1. The van der Waals surface area contributed by atoms with Crippen LogP contribution >= 0.6 is 11.8 Å². The van der Waals surface area contributed by atoms with Gasteiger partial charge in [-0.2, -0.15) is 0 Å². The molecule has 0 amide bonds. The van der Waals surface area contributed by atoms with Crippen molar-refractivity contribution >= 4 is 17.7 Å². The van der Waals surface area contributed by atoms with Crippen LogP contribution in [0.25, 0.3) is 0 Å². The summed E-state index contributed by atoms with van der Waals surface area (Å²) in [5.41, 5.74) is 0. The van der Waals surface area contributed by atoms with Crippen LogP contribution in [0.1, 0.15) is 26.7 Å². The van der Waals surface area contributed by atoms with Crippen LogP contribution in [0.4, 0.5) is 0 Å². The number of carboxylic acid groups (broad SMARTS) is 1. The summed E-state index contributed by atoms with van der Waals surface area (Å²) in [7, 11) is 0. The van der Waals surface area contributed by atoms with E-state index in [1.807, 2.05) is 13.2 Å². The number of hydrogen-bond donors (Lipinski definition) is 1. The van der Waals surface area contributed by atoms with E-state index < -0.39 is 5.97 Å². The number of carbonyl (C=O) groups is 1. The Labute approximate surface area is 72.4 Å². The summed E-state index contributed by atoms with van der Waals surface area (Å²) in [6, 6.07) is 0. The molecular weight excluding hydrogens is 160 g/mol. The average molecular weight is 176 g/mol. The molecule has 0 heterocycles. The van der Waals surface area contributed by atoms with Crippen molar-refractivity contribution in [1.29, 1.82) is 0 Å². The van der Waals surface area contributed by atoms with Crippen LogP contribution in [0.2, 0.25) is 0 Å². The second-order valence-electron chi connectivity index (χ2n) is 2.76. The van der Waals surface area contributed by atoms with Gasteiger partial charge in [0.15, 0.2) is 0 Å². The number of hydrogen-bond acceptors (Lipinski definition) is 2. The molecule has 0 fully saturated rings. The molecule has 0 rings (SSSR count). The Morgan fingerprint density at radius 3 is 2.45 bits per heavy atom. The number of rotatable bonds is 5. The zero-order valence-corrected chi connectivity index (χ0v) is 8.15. The topological polar surface area (TPSA) is 37.3 Å². The molecule has 3 heteroatoms. The van der Waals surface area contributed by atoms with Gasteiger partial charge < -0.3 is 5.11 Å². The van der Waals surface area contributed by atoms with E-state index in [9.17, 15) is 4.79 Å². The third kappa shape index (κ3) is 3.65. The van der Waals surface area contributed by atoms with Gasteiger partial charge in [0.2, 0.25) is 0 Å². The van der Waals surface area contributed by atoms with E-state index in [4.69, 9.17) is 5.11 Å². The fourth-order valence-electron chi connectivity index (χ4n) is 1.18. The molecule has 0 aromatic carbocycles. The molecular formula is C8H16O2S. The highest BCUT2D eigenvalue weighted by atomic mass is 32.2. The van der Waals surface area contributed by atoms with Crippen molar-refractivity contribution in [2.24, 2.45) is 5.92 Å². The van der Waals surface area contributed by atoms with Gasteiger partial charge in [-0.25, -0.2) is 0 Å². The first-order chi connectivity index (χ1) is 5.13. The SMILES string of the molecule is CCCC(C)C(SC)C(=O)O. The monoisotopic (exact) mass is 176 g/mol. The second-order valence-corrected chi connectivity index (χ2v) is 3.74. The lowest BCUT2D eigenvalue weighted by Gasteiger charge is -2.16. The fourth-order valence-corrected chi connectivity index (χ4v) is 1.99. The maximum atomic E-state index is 10.6.